The maximum Gasteiger partial charge on any atom is 0.225 e. The summed E-state index contributed by atoms with van der Waals surface area (Å²) < 4.78 is 0. The molecule has 5 heteroatoms. The van der Waals surface area contributed by atoms with E-state index >= 15 is 0 Å². The molecule has 0 spiro atoms. The van der Waals surface area contributed by atoms with E-state index < -0.39 is 33.4 Å². The molecule has 5 nitrogen and oxygen atoms in total. The fraction of sp³-hybridized carbons (Fsp3) is 0.550. The molecule has 0 heterocycles. The minimum atomic E-state index is -1.65. The first-order chi connectivity index (χ1) is 11.5. The van der Waals surface area contributed by atoms with Crippen molar-refractivity contribution in [2.24, 2.45) is 16.2 Å². The number of carbonyl (C=O) groups excluding carboxylic acids is 1. The van der Waals surface area contributed by atoms with Crippen LogP contribution in [0.25, 0.3) is 0 Å². The highest BCUT2D eigenvalue weighted by molar-refractivity contribution is 6.10. The van der Waals surface area contributed by atoms with Crippen LogP contribution in [0.4, 0.5) is 0 Å². The quantitative estimate of drug-likeness (QED) is 0.576. The van der Waals surface area contributed by atoms with Crippen molar-refractivity contribution in [1.82, 2.24) is 0 Å². The second-order valence-electron chi connectivity index (χ2n) is 8.32. The number of ketones is 1. The lowest BCUT2D eigenvalue weighted by Crippen LogP contribution is -2.61. The van der Waals surface area contributed by atoms with Crippen molar-refractivity contribution < 1.29 is 25.2 Å². The Kier molecular flexibility index (Phi) is 3.65. The van der Waals surface area contributed by atoms with Crippen molar-refractivity contribution in [3.63, 3.8) is 0 Å². The zero-order valence-corrected chi connectivity index (χ0v) is 15.0. The van der Waals surface area contributed by atoms with E-state index in [9.17, 15) is 25.2 Å². The molecule has 3 rings (SSSR count). The molecule has 0 aromatic heterocycles. The summed E-state index contributed by atoms with van der Waals surface area (Å²) in [5.74, 6) is -1.21. The van der Waals surface area contributed by atoms with Crippen molar-refractivity contribution in [3.8, 4) is 0 Å². The summed E-state index contributed by atoms with van der Waals surface area (Å²) in [6, 6.07) is 0. The Bertz CT molecular complexity index is 760. The van der Waals surface area contributed by atoms with E-state index in [1.165, 1.54) is 0 Å². The Morgan fingerprint density at radius 3 is 2.44 bits per heavy atom. The Hall–Kier alpha value is -1.85. The number of aliphatic hydroxyl groups excluding tert-OH is 3. The summed E-state index contributed by atoms with van der Waals surface area (Å²) in [5, 5.41) is 43.0. The van der Waals surface area contributed by atoms with E-state index in [0.717, 1.165) is 0 Å². The van der Waals surface area contributed by atoms with Gasteiger partial charge >= 0.3 is 0 Å². The third kappa shape index (κ3) is 1.99. The molecule has 0 radical (unpaired) electrons. The van der Waals surface area contributed by atoms with Gasteiger partial charge in [-0.25, -0.2) is 0 Å². The Morgan fingerprint density at radius 2 is 1.88 bits per heavy atom. The molecular formula is C20H26O5. The van der Waals surface area contributed by atoms with Crippen LogP contribution >= 0.6 is 0 Å². The van der Waals surface area contributed by atoms with Crippen LogP contribution in [0.1, 0.15) is 40.0 Å². The number of rotatable bonds is 2. The van der Waals surface area contributed by atoms with Crippen LogP contribution in [0, 0.1) is 16.2 Å². The Balaban J connectivity index is 2.38. The molecule has 0 aromatic rings. The molecule has 0 aliphatic heterocycles. The van der Waals surface area contributed by atoms with Crippen molar-refractivity contribution >= 4 is 5.78 Å². The lowest BCUT2D eigenvalue weighted by Gasteiger charge is -2.57. The first-order valence-electron chi connectivity index (χ1n) is 8.58. The molecule has 4 N–H and O–H groups in total. The highest BCUT2D eigenvalue weighted by Crippen LogP contribution is 2.63. The zero-order valence-electron chi connectivity index (χ0n) is 15.0. The van der Waals surface area contributed by atoms with Gasteiger partial charge in [-0.1, -0.05) is 26.0 Å². The number of fused-ring (bicyclic) bond motifs is 3. The van der Waals surface area contributed by atoms with E-state index in [0.29, 0.717) is 6.42 Å². The average molecular weight is 346 g/mol. The predicted octanol–water partition coefficient (Wildman–Crippen LogP) is 2.88. The molecule has 4 atom stereocenters. The molecular weight excluding hydrogens is 320 g/mol. The number of Topliss-reactive ketones (excluding diaryl/α,β-unsaturated/α-hetero) is 1. The molecule has 0 fully saturated rings. The maximum absolute atomic E-state index is 12.9. The lowest BCUT2D eigenvalue weighted by atomic mass is 9.48. The van der Waals surface area contributed by atoms with Gasteiger partial charge in [0.25, 0.3) is 0 Å². The van der Waals surface area contributed by atoms with Gasteiger partial charge in [-0.3, -0.25) is 4.79 Å². The van der Waals surface area contributed by atoms with Crippen molar-refractivity contribution in [3.05, 3.63) is 47.5 Å². The summed E-state index contributed by atoms with van der Waals surface area (Å²) in [6.45, 7) is 8.76. The number of aliphatic hydroxyl groups is 4. The second kappa shape index (κ2) is 5.08. The minimum absolute atomic E-state index is 0.0805. The van der Waals surface area contributed by atoms with Gasteiger partial charge in [-0.05, 0) is 32.3 Å². The van der Waals surface area contributed by atoms with Gasteiger partial charge in [-0.2, -0.15) is 0 Å². The number of carbonyl (C=O) groups is 1. The van der Waals surface area contributed by atoms with Gasteiger partial charge in [0.2, 0.25) is 5.78 Å². The highest BCUT2D eigenvalue weighted by Gasteiger charge is 2.66. The van der Waals surface area contributed by atoms with Gasteiger partial charge in [-0.15, -0.1) is 6.58 Å². The first-order valence-corrected chi connectivity index (χ1v) is 8.58. The molecule has 0 aromatic carbocycles. The largest absolute Gasteiger partial charge is 0.512 e. The number of hydrogen-bond donors (Lipinski definition) is 4. The summed E-state index contributed by atoms with van der Waals surface area (Å²) in [6.07, 6.45) is 6.01. The van der Waals surface area contributed by atoms with Crippen LogP contribution in [-0.2, 0) is 4.79 Å². The summed E-state index contributed by atoms with van der Waals surface area (Å²) in [4.78, 5) is 12.9. The monoisotopic (exact) mass is 346 g/mol. The van der Waals surface area contributed by atoms with Crippen molar-refractivity contribution in [2.45, 2.75) is 45.6 Å². The SMILES string of the molecule is C=C[C@]1(C)C=C2C(=O)C(O)=C3[C@](C)(CO)CC=C(O)[C@]3(C)[C@@]2(O)CC1. The standard InChI is InChI=1S/C20H26O5/c1-5-17(2)8-9-20(25)12(10-17)14(23)15(24)16-18(3,11-21)7-6-13(22)19(16,20)4/h5-6,10,21-22,24-25H,1,7-9,11H2,2-4H3/t17-,18-,19-,20+/m0/s1. The highest BCUT2D eigenvalue weighted by atomic mass is 16.3. The molecule has 0 amide bonds. The van der Waals surface area contributed by atoms with Crippen LogP contribution in [0.15, 0.2) is 47.5 Å². The van der Waals surface area contributed by atoms with Crippen molar-refractivity contribution in [1.29, 1.82) is 0 Å². The lowest BCUT2D eigenvalue weighted by molar-refractivity contribution is -0.126. The fourth-order valence-electron chi connectivity index (χ4n) is 4.73. The van der Waals surface area contributed by atoms with Gasteiger partial charge < -0.3 is 20.4 Å². The summed E-state index contributed by atoms with van der Waals surface area (Å²) >= 11 is 0. The molecule has 25 heavy (non-hydrogen) atoms. The van der Waals surface area contributed by atoms with E-state index in [-0.39, 0.29) is 36.4 Å². The molecule has 0 bridgehead atoms. The molecule has 0 unspecified atom stereocenters. The Morgan fingerprint density at radius 1 is 1.24 bits per heavy atom. The first kappa shape index (κ1) is 18.0. The van der Waals surface area contributed by atoms with Crippen LogP contribution in [0.2, 0.25) is 0 Å². The van der Waals surface area contributed by atoms with E-state index in [2.05, 4.69) is 6.58 Å². The molecule has 3 aliphatic rings. The zero-order chi connectivity index (χ0) is 18.8. The number of hydrogen-bond acceptors (Lipinski definition) is 5. The van der Waals surface area contributed by atoms with Crippen LogP contribution < -0.4 is 0 Å². The van der Waals surface area contributed by atoms with Crippen LogP contribution in [0.5, 0.6) is 0 Å². The number of allylic oxidation sites excluding steroid dienone is 4. The molecule has 0 saturated heterocycles. The molecule has 136 valence electrons. The molecule has 3 aliphatic carbocycles. The van der Waals surface area contributed by atoms with Gasteiger partial charge in [0.05, 0.1) is 12.0 Å². The third-order valence-corrected chi connectivity index (χ3v) is 6.65. The summed E-state index contributed by atoms with van der Waals surface area (Å²) in [7, 11) is 0. The smallest absolute Gasteiger partial charge is 0.225 e. The predicted molar refractivity (Wildman–Crippen MR) is 93.9 cm³/mol. The fourth-order valence-corrected chi connectivity index (χ4v) is 4.73. The van der Waals surface area contributed by atoms with Crippen LogP contribution in [0.3, 0.4) is 0 Å². The van der Waals surface area contributed by atoms with E-state index in [4.69, 9.17) is 0 Å². The second-order valence-corrected chi connectivity index (χ2v) is 8.32. The summed E-state index contributed by atoms with van der Waals surface area (Å²) in [5.41, 5.74) is -4.11. The topological polar surface area (TPSA) is 98.0 Å². The van der Waals surface area contributed by atoms with Crippen molar-refractivity contribution in [2.75, 3.05) is 6.61 Å². The van der Waals surface area contributed by atoms with Gasteiger partial charge in [0.1, 0.15) is 11.4 Å². The third-order valence-electron chi connectivity index (χ3n) is 6.65. The molecule has 0 saturated carbocycles. The average Bonchev–Trinajstić information content (AvgIpc) is 2.59. The van der Waals surface area contributed by atoms with Crippen LogP contribution in [-0.4, -0.2) is 38.4 Å². The Labute approximate surface area is 147 Å². The van der Waals surface area contributed by atoms with Gasteiger partial charge in [0, 0.05) is 22.0 Å². The van der Waals surface area contributed by atoms with E-state index in [1.54, 1.807) is 32.1 Å². The van der Waals surface area contributed by atoms with Gasteiger partial charge in [0.15, 0.2) is 5.76 Å². The maximum atomic E-state index is 12.9. The minimum Gasteiger partial charge on any atom is -0.512 e. The normalized spacial score (nSPS) is 43.8. The van der Waals surface area contributed by atoms with E-state index in [1.807, 2.05) is 6.92 Å².